The van der Waals surface area contributed by atoms with Crippen molar-refractivity contribution in [3.63, 3.8) is 0 Å². The van der Waals surface area contributed by atoms with Gasteiger partial charge in [0.15, 0.2) is 6.10 Å². The molecule has 0 saturated heterocycles. The molecule has 26 heavy (non-hydrogen) atoms. The van der Waals surface area contributed by atoms with E-state index < -0.39 is 22.9 Å². The molecular weight excluding hydrogens is 364 g/mol. The summed E-state index contributed by atoms with van der Waals surface area (Å²) in [5.41, 5.74) is 0.0963. The fourth-order valence-electron chi connectivity index (χ4n) is 2.04. The number of carbonyl (C=O) groups is 2. The minimum Gasteiger partial charge on any atom is -0.495 e. The van der Waals surface area contributed by atoms with Crippen LogP contribution in [0.4, 0.5) is 11.4 Å². The van der Waals surface area contributed by atoms with Crippen LogP contribution < -0.4 is 10.1 Å². The number of anilines is 1. The molecule has 2 aromatic rings. The summed E-state index contributed by atoms with van der Waals surface area (Å²) in [6.07, 6.45) is -1.13. The van der Waals surface area contributed by atoms with E-state index in [1.54, 1.807) is 24.3 Å². The molecule has 0 heterocycles. The zero-order valence-electron chi connectivity index (χ0n) is 13.9. The summed E-state index contributed by atoms with van der Waals surface area (Å²) in [5.74, 6) is -0.980. The van der Waals surface area contributed by atoms with Gasteiger partial charge >= 0.3 is 5.97 Å². The van der Waals surface area contributed by atoms with Crippen LogP contribution in [0.5, 0.6) is 5.75 Å². The monoisotopic (exact) mass is 378 g/mol. The molecule has 0 aromatic heterocycles. The van der Waals surface area contributed by atoms with Crippen molar-refractivity contribution in [2.75, 3.05) is 12.4 Å². The van der Waals surface area contributed by atoms with Gasteiger partial charge in [0.2, 0.25) is 0 Å². The summed E-state index contributed by atoms with van der Waals surface area (Å²) in [7, 11) is 1.46. The number of benzene rings is 2. The van der Waals surface area contributed by atoms with E-state index in [0.29, 0.717) is 11.4 Å². The fraction of sp³-hybridized carbons (Fsp3) is 0.176. The number of nitrogens with one attached hydrogen (secondary N) is 1. The topological polar surface area (TPSA) is 108 Å². The number of nitro groups is 1. The van der Waals surface area contributed by atoms with Crippen molar-refractivity contribution in [3.05, 3.63) is 63.2 Å². The van der Waals surface area contributed by atoms with Gasteiger partial charge in [-0.15, -0.1) is 0 Å². The van der Waals surface area contributed by atoms with E-state index in [1.807, 2.05) is 0 Å². The van der Waals surface area contributed by atoms with E-state index in [9.17, 15) is 19.7 Å². The molecule has 0 aliphatic heterocycles. The van der Waals surface area contributed by atoms with Crippen LogP contribution in [0.15, 0.2) is 42.5 Å². The van der Waals surface area contributed by atoms with E-state index in [1.165, 1.54) is 20.1 Å². The average molecular weight is 379 g/mol. The third-order valence-electron chi connectivity index (χ3n) is 3.40. The normalized spacial score (nSPS) is 11.3. The number of rotatable bonds is 6. The molecule has 0 fully saturated rings. The Labute approximate surface area is 153 Å². The molecule has 0 aliphatic carbocycles. The predicted molar refractivity (Wildman–Crippen MR) is 94.6 cm³/mol. The van der Waals surface area contributed by atoms with Crippen LogP contribution in [-0.2, 0) is 9.53 Å². The van der Waals surface area contributed by atoms with Gasteiger partial charge in [0.25, 0.3) is 11.6 Å². The molecule has 0 radical (unpaired) electrons. The molecule has 136 valence electrons. The third-order valence-corrected chi connectivity index (χ3v) is 3.71. The first-order valence-electron chi connectivity index (χ1n) is 7.42. The number of esters is 1. The Morgan fingerprint density at radius 2 is 1.92 bits per heavy atom. The number of ether oxygens (including phenoxy) is 2. The van der Waals surface area contributed by atoms with Crippen LogP contribution in [0.2, 0.25) is 5.02 Å². The lowest BCUT2D eigenvalue weighted by molar-refractivity contribution is -0.384. The van der Waals surface area contributed by atoms with Gasteiger partial charge in [-0.1, -0.05) is 23.7 Å². The maximum Gasteiger partial charge on any atom is 0.340 e. The van der Waals surface area contributed by atoms with Gasteiger partial charge in [0, 0.05) is 12.1 Å². The second-order valence-electron chi connectivity index (χ2n) is 5.16. The third kappa shape index (κ3) is 4.48. The zero-order valence-corrected chi connectivity index (χ0v) is 14.6. The highest BCUT2D eigenvalue weighted by Gasteiger charge is 2.22. The number of carbonyl (C=O) groups excluding carboxylic acids is 2. The number of hydrogen-bond donors (Lipinski definition) is 1. The van der Waals surface area contributed by atoms with E-state index in [4.69, 9.17) is 21.1 Å². The lowest BCUT2D eigenvalue weighted by Gasteiger charge is -2.15. The highest BCUT2D eigenvalue weighted by molar-refractivity contribution is 6.33. The first kappa shape index (κ1) is 19.2. The first-order chi connectivity index (χ1) is 12.3. The summed E-state index contributed by atoms with van der Waals surface area (Å²) in [4.78, 5) is 34.4. The highest BCUT2D eigenvalue weighted by atomic mass is 35.5. The van der Waals surface area contributed by atoms with E-state index in [-0.39, 0.29) is 16.3 Å². The quantitative estimate of drug-likeness (QED) is 0.468. The number of halogens is 1. The summed E-state index contributed by atoms with van der Waals surface area (Å²) in [6, 6.07) is 10.1. The van der Waals surface area contributed by atoms with Crippen molar-refractivity contribution < 1.29 is 24.0 Å². The second-order valence-corrected chi connectivity index (χ2v) is 5.57. The van der Waals surface area contributed by atoms with Crippen molar-refractivity contribution >= 4 is 34.9 Å². The first-order valence-corrected chi connectivity index (χ1v) is 7.80. The number of hydrogen-bond acceptors (Lipinski definition) is 6. The van der Waals surface area contributed by atoms with E-state index >= 15 is 0 Å². The molecule has 0 unspecified atom stereocenters. The van der Waals surface area contributed by atoms with Crippen molar-refractivity contribution in [2.24, 2.45) is 0 Å². The van der Waals surface area contributed by atoms with Gasteiger partial charge in [0.05, 0.1) is 28.3 Å². The second kappa shape index (κ2) is 8.30. The molecule has 8 nitrogen and oxygen atoms in total. The molecular formula is C17H15ClN2O6. The smallest absolute Gasteiger partial charge is 0.340 e. The maximum atomic E-state index is 12.2. The highest BCUT2D eigenvalue weighted by Crippen LogP contribution is 2.25. The number of methoxy groups -OCH3 is 1. The van der Waals surface area contributed by atoms with Crippen LogP contribution in [0, 0.1) is 10.1 Å². The molecule has 0 saturated carbocycles. The molecule has 9 heteroatoms. The van der Waals surface area contributed by atoms with E-state index in [2.05, 4.69) is 5.32 Å². The minimum absolute atomic E-state index is 0.0748. The fourth-order valence-corrected chi connectivity index (χ4v) is 2.29. The molecule has 0 bridgehead atoms. The Bertz CT molecular complexity index is 855. The Kier molecular flexibility index (Phi) is 6.13. The maximum absolute atomic E-state index is 12.2. The SMILES string of the molecule is COc1ccccc1NC(=O)[C@H](C)OC(=O)c1ccc([N+](=O)[O-])cc1Cl. The van der Waals surface area contributed by atoms with Crippen LogP contribution in [0.25, 0.3) is 0 Å². The summed E-state index contributed by atoms with van der Waals surface area (Å²) < 4.78 is 10.2. The standard InChI is InChI=1S/C17H15ClN2O6/c1-10(16(21)19-14-5-3-4-6-15(14)25-2)26-17(22)12-8-7-11(20(23)24)9-13(12)18/h3-10H,1-2H3,(H,19,21)/t10-/m0/s1. The van der Waals surface area contributed by atoms with Crippen molar-refractivity contribution in [3.8, 4) is 5.75 Å². The molecule has 1 N–H and O–H groups in total. The lowest BCUT2D eigenvalue weighted by atomic mass is 10.2. The van der Waals surface area contributed by atoms with Crippen molar-refractivity contribution in [1.29, 1.82) is 0 Å². The Morgan fingerprint density at radius 3 is 2.54 bits per heavy atom. The molecule has 1 amide bonds. The lowest BCUT2D eigenvalue weighted by Crippen LogP contribution is -2.30. The van der Waals surface area contributed by atoms with Gasteiger partial charge in [-0.05, 0) is 25.1 Å². The van der Waals surface area contributed by atoms with Crippen LogP contribution in [0.3, 0.4) is 0 Å². The summed E-state index contributed by atoms with van der Waals surface area (Å²) >= 11 is 5.88. The molecule has 0 spiro atoms. The number of nitrogens with zero attached hydrogens (tertiary/aromatic N) is 1. The van der Waals surface area contributed by atoms with Crippen LogP contribution in [-0.4, -0.2) is 30.0 Å². The summed E-state index contributed by atoms with van der Waals surface area (Å²) in [6.45, 7) is 1.39. The Morgan fingerprint density at radius 1 is 1.23 bits per heavy atom. The molecule has 2 aromatic carbocycles. The van der Waals surface area contributed by atoms with Gasteiger partial charge in [0.1, 0.15) is 5.75 Å². The molecule has 2 rings (SSSR count). The van der Waals surface area contributed by atoms with Crippen LogP contribution >= 0.6 is 11.6 Å². The predicted octanol–water partition coefficient (Wildman–Crippen LogP) is 3.44. The van der Waals surface area contributed by atoms with Gasteiger partial charge < -0.3 is 14.8 Å². The number of para-hydroxylation sites is 2. The van der Waals surface area contributed by atoms with E-state index in [0.717, 1.165) is 12.1 Å². The molecule has 1 atom stereocenters. The number of nitro benzene ring substituents is 1. The number of non-ortho nitro benzene ring substituents is 1. The van der Waals surface area contributed by atoms with Gasteiger partial charge in [-0.3, -0.25) is 14.9 Å². The van der Waals surface area contributed by atoms with Crippen LogP contribution in [0.1, 0.15) is 17.3 Å². The summed E-state index contributed by atoms with van der Waals surface area (Å²) in [5, 5.41) is 13.2. The Balaban J connectivity index is 2.06. The minimum atomic E-state index is -1.13. The average Bonchev–Trinajstić information content (AvgIpc) is 2.61. The number of amides is 1. The van der Waals surface area contributed by atoms with Crippen molar-refractivity contribution in [2.45, 2.75) is 13.0 Å². The molecule has 0 aliphatic rings. The van der Waals surface area contributed by atoms with Gasteiger partial charge in [-0.2, -0.15) is 0 Å². The van der Waals surface area contributed by atoms with Crippen molar-refractivity contribution in [1.82, 2.24) is 0 Å². The Hall–Kier alpha value is -3.13. The zero-order chi connectivity index (χ0) is 19.3. The van der Waals surface area contributed by atoms with Gasteiger partial charge in [-0.25, -0.2) is 4.79 Å². The largest absolute Gasteiger partial charge is 0.495 e.